The number of aryl methyl sites for hydroxylation is 1. The molecule has 3 heterocycles. The zero-order valence-corrected chi connectivity index (χ0v) is 16.8. The number of imide groups is 1. The van der Waals surface area contributed by atoms with Crippen molar-refractivity contribution in [3.63, 3.8) is 0 Å². The van der Waals surface area contributed by atoms with Gasteiger partial charge in [0.1, 0.15) is 11.9 Å². The van der Waals surface area contributed by atoms with Crippen molar-refractivity contribution in [3.05, 3.63) is 65.7 Å². The maximum Gasteiger partial charge on any atom is 0.255 e. The molecule has 2 aromatic carbocycles. The number of imidazole rings is 1. The fourth-order valence-electron chi connectivity index (χ4n) is 4.31. The predicted molar refractivity (Wildman–Crippen MR) is 110 cm³/mol. The standard InChI is InChI=1S/C23H19FN4O3/c1-27-12-25-20(21(27)13-2-5-16(24)6-3-13)14-4-7-17-15(10-14)11-28(23(17)31)18-8-9-19(29)26-22(18)30/h2-7,10,12,18H,8-9,11H2,1H3,(H,26,29,30)/t18-/m1/s1. The molecule has 2 aliphatic heterocycles. The number of halogens is 1. The van der Waals surface area contributed by atoms with Gasteiger partial charge in [-0.15, -0.1) is 0 Å². The minimum absolute atomic E-state index is 0.212. The van der Waals surface area contributed by atoms with E-state index in [1.807, 2.05) is 23.7 Å². The summed E-state index contributed by atoms with van der Waals surface area (Å²) >= 11 is 0. The Kier molecular flexibility index (Phi) is 4.43. The second-order valence-corrected chi connectivity index (χ2v) is 7.83. The molecule has 3 aromatic rings. The van der Waals surface area contributed by atoms with Crippen molar-refractivity contribution in [1.82, 2.24) is 19.8 Å². The van der Waals surface area contributed by atoms with Gasteiger partial charge in [0.25, 0.3) is 5.91 Å². The van der Waals surface area contributed by atoms with Crippen molar-refractivity contribution in [2.75, 3.05) is 0 Å². The molecule has 8 heteroatoms. The van der Waals surface area contributed by atoms with E-state index >= 15 is 0 Å². The fourth-order valence-corrected chi connectivity index (χ4v) is 4.31. The lowest BCUT2D eigenvalue weighted by Crippen LogP contribution is -2.52. The Labute approximate surface area is 177 Å². The Morgan fingerprint density at radius 2 is 1.81 bits per heavy atom. The minimum Gasteiger partial charge on any atom is -0.333 e. The zero-order valence-electron chi connectivity index (χ0n) is 16.8. The Morgan fingerprint density at radius 1 is 1.06 bits per heavy atom. The van der Waals surface area contributed by atoms with E-state index < -0.39 is 11.9 Å². The quantitative estimate of drug-likeness (QED) is 0.663. The lowest BCUT2D eigenvalue weighted by Gasteiger charge is -2.29. The van der Waals surface area contributed by atoms with E-state index in [-0.39, 0.29) is 24.1 Å². The third kappa shape index (κ3) is 3.20. The topological polar surface area (TPSA) is 84.3 Å². The van der Waals surface area contributed by atoms with E-state index in [1.54, 1.807) is 24.5 Å². The van der Waals surface area contributed by atoms with Crippen LogP contribution in [0.15, 0.2) is 48.8 Å². The van der Waals surface area contributed by atoms with Crippen molar-refractivity contribution in [3.8, 4) is 22.5 Å². The molecule has 0 bridgehead atoms. The Morgan fingerprint density at radius 3 is 2.55 bits per heavy atom. The lowest BCUT2D eigenvalue weighted by molar-refractivity contribution is -0.136. The summed E-state index contributed by atoms with van der Waals surface area (Å²) in [6, 6.07) is 11.1. The zero-order chi connectivity index (χ0) is 21.7. The van der Waals surface area contributed by atoms with Crippen LogP contribution in [0, 0.1) is 5.82 Å². The molecule has 1 aromatic heterocycles. The number of piperidine rings is 1. The van der Waals surface area contributed by atoms with Gasteiger partial charge in [0.15, 0.2) is 0 Å². The molecule has 1 atom stereocenters. The van der Waals surface area contributed by atoms with Crippen LogP contribution in [0.5, 0.6) is 0 Å². The molecular formula is C23H19FN4O3. The molecule has 2 aliphatic rings. The number of fused-ring (bicyclic) bond motifs is 1. The number of carbonyl (C=O) groups is 3. The first-order chi connectivity index (χ1) is 14.9. The van der Waals surface area contributed by atoms with Crippen LogP contribution in [0.3, 0.4) is 0 Å². The first-order valence-electron chi connectivity index (χ1n) is 9.97. The maximum absolute atomic E-state index is 13.4. The van der Waals surface area contributed by atoms with Crippen molar-refractivity contribution in [2.24, 2.45) is 7.05 Å². The van der Waals surface area contributed by atoms with Gasteiger partial charge >= 0.3 is 0 Å². The largest absolute Gasteiger partial charge is 0.333 e. The van der Waals surface area contributed by atoms with Crippen molar-refractivity contribution < 1.29 is 18.8 Å². The van der Waals surface area contributed by atoms with Gasteiger partial charge in [-0.05, 0) is 48.4 Å². The summed E-state index contributed by atoms with van der Waals surface area (Å²) in [5, 5.41) is 2.31. The van der Waals surface area contributed by atoms with Crippen molar-refractivity contribution >= 4 is 17.7 Å². The van der Waals surface area contributed by atoms with Crippen LogP contribution in [0.25, 0.3) is 22.5 Å². The average molecular weight is 418 g/mol. The molecule has 156 valence electrons. The van der Waals surface area contributed by atoms with Crippen LogP contribution >= 0.6 is 0 Å². The summed E-state index contributed by atoms with van der Waals surface area (Å²) in [5.74, 6) is -1.26. The number of nitrogens with zero attached hydrogens (tertiary/aromatic N) is 3. The summed E-state index contributed by atoms with van der Waals surface area (Å²) in [6.07, 6.45) is 2.24. The molecule has 5 rings (SSSR count). The van der Waals surface area contributed by atoms with Crippen LogP contribution < -0.4 is 5.32 Å². The number of amides is 3. The van der Waals surface area contributed by atoms with Gasteiger partial charge in [0.2, 0.25) is 11.8 Å². The van der Waals surface area contributed by atoms with Crippen molar-refractivity contribution in [1.29, 1.82) is 0 Å². The molecule has 1 fully saturated rings. The van der Waals surface area contributed by atoms with E-state index in [4.69, 9.17) is 0 Å². The molecule has 0 aliphatic carbocycles. The molecule has 0 spiro atoms. The molecular weight excluding hydrogens is 399 g/mol. The molecule has 0 saturated carbocycles. The van der Waals surface area contributed by atoms with Gasteiger partial charge in [-0.2, -0.15) is 0 Å². The van der Waals surface area contributed by atoms with Crippen LogP contribution in [-0.2, 0) is 23.2 Å². The minimum atomic E-state index is -0.648. The summed E-state index contributed by atoms with van der Waals surface area (Å²) in [5.41, 5.74) is 4.58. The highest BCUT2D eigenvalue weighted by Gasteiger charge is 2.39. The number of hydrogen-bond acceptors (Lipinski definition) is 4. The Balaban J connectivity index is 1.49. The van der Waals surface area contributed by atoms with E-state index in [9.17, 15) is 18.8 Å². The second-order valence-electron chi connectivity index (χ2n) is 7.83. The first-order valence-corrected chi connectivity index (χ1v) is 9.97. The third-order valence-corrected chi connectivity index (χ3v) is 5.85. The van der Waals surface area contributed by atoms with Gasteiger partial charge in [0, 0.05) is 36.7 Å². The van der Waals surface area contributed by atoms with Gasteiger partial charge < -0.3 is 9.47 Å². The van der Waals surface area contributed by atoms with Gasteiger partial charge in [-0.1, -0.05) is 6.07 Å². The number of nitrogens with one attached hydrogen (secondary N) is 1. The Hall–Kier alpha value is -3.81. The molecule has 3 amide bonds. The normalized spacial score (nSPS) is 18.3. The Bertz CT molecular complexity index is 1230. The monoisotopic (exact) mass is 418 g/mol. The van der Waals surface area contributed by atoms with Crippen LogP contribution in [0.4, 0.5) is 4.39 Å². The number of aromatic nitrogens is 2. The highest BCUT2D eigenvalue weighted by Crippen LogP contribution is 2.35. The SMILES string of the molecule is Cn1cnc(-c2ccc3c(c2)CN([C@@H]2CCC(=O)NC2=O)C3=O)c1-c1ccc(F)cc1. The van der Waals surface area contributed by atoms with E-state index in [1.165, 1.54) is 17.0 Å². The predicted octanol–water partition coefficient (Wildman–Crippen LogP) is 2.65. The molecule has 0 unspecified atom stereocenters. The van der Waals surface area contributed by atoms with Crippen molar-refractivity contribution in [2.45, 2.75) is 25.4 Å². The number of hydrogen-bond donors (Lipinski definition) is 1. The highest BCUT2D eigenvalue weighted by atomic mass is 19.1. The maximum atomic E-state index is 13.4. The summed E-state index contributed by atoms with van der Waals surface area (Å²) in [6.45, 7) is 0.299. The van der Waals surface area contributed by atoms with Crippen LogP contribution in [0.1, 0.15) is 28.8 Å². The van der Waals surface area contributed by atoms with Gasteiger partial charge in [0.05, 0.1) is 17.7 Å². The summed E-state index contributed by atoms with van der Waals surface area (Å²) in [7, 11) is 1.87. The number of carbonyl (C=O) groups excluding carboxylic acids is 3. The number of benzene rings is 2. The summed E-state index contributed by atoms with van der Waals surface area (Å²) in [4.78, 5) is 42.6. The molecule has 7 nitrogen and oxygen atoms in total. The number of rotatable bonds is 3. The lowest BCUT2D eigenvalue weighted by atomic mass is 10.0. The summed E-state index contributed by atoms with van der Waals surface area (Å²) < 4.78 is 15.2. The molecule has 1 saturated heterocycles. The average Bonchev–Trinajstić information content (AvgIpc) is 3.28. The molecule has 1 N–H and O–H groups in total. The second kappa shape index (κ2) is 7.16. The van der Waals surface area contributed by atoms with Crippen LogP contribution in [0.2, 0.25) is 0 Å². The van der Waals surface area contributed by atoms with Gasteiger partial charge in [-0.25, -0.2) is 9.37 Å². The molecule has 31 heavy (non-hydrogen) atoms. The third-order valence-electron chi connectivity index (χ3n) is 5.85. The van der Waals surface area contributed by atoms with E-state index in [0.717, 1.165) is 28.1 Å². The van der Waals surface area contributed by atoms with Crippen LogP contribution in [-0.4, -0.2) is 38.2 Å². The fraction of sp³-hybridized carbons (Fsp3) is 0.217. The van der Waals surface area contributed by atoms with E-state index in [0.29, 0.717) is 18.5 Å². The highest BCUT2D eigenvalue weighted by molar-refractivity contribution is 6.05. The van der Waals surface area contributed by atoms with E-state index in [2.05, 4.69) is 10.3 Å². The first kappa shape index (κ1) is 19.2. The smallest absolute Gasteiger partial charge is 0.255 e. The van der Waals surface area contributed by atoms with Gasteiger partial charge in [-0.3, -0.25) is 19.7 Å². The molecule has 0 radical (unpaired) electrons.